The van der Waals surface area contributed by atoms with Crippen LogP contribution >= 0.6 is 0 Å². The highest BCUT2D eigenvalue weighted by Crippen LogP contribution is 2.30. The van der Waals surface area contributed by atoms with Gasteiger partial charge in [-0.05, 0) is 43.3 Å². The summed E-state index contributed by atoms with van der Waals surface area (Å²) in [5.41, 5.74) is 9.48. The van der Waals surface area contributed by atoms with Crippen LogP contribution < -0.4 is 5.73 Å². The third-order valence-electron chi connectivity index (χ3n) is 3.33. The Bertz CT molecular complexity index is 885. The normalized spacial score (nSPS) is 10.8. The number of hydrogen-bond donors (Lipinski definition) is 1. The molecule has 0 aliphatic rings. The number of benzene rings is 2. The first-order valence-corrected chi connectivity index (χ1v) is 7.01. The van der Waals surface area contributed by atoms with Crippen LogP contribution in [0.4, 0.5) is 17.2 Å². The minimum absolute atomic E-state index is 0.436. The standard InChI is InChI=1S/C17H14N6/c1-12-16(21-20-14-9-7-13(11-18)8-10-14)17(19)23(22-12)15-5-3-2-4-6-15/h2-10H,19H2,1H3. The molecule has 6 nitrogen and oxygen atoms in total. The van der Waals surface area contributed by atoms with Gasteiger partial charge in [-0.15, -0.1) is 5.11 Å². The molecule has 0 atom stereocenters. The van der Waals surface area contributed by atoms with Gasteiger partial charge in [-0.1, -0.05) is 18.2 Å². The molecule has 0 spiro atoms. The lowest BCUT2D eigenvalue weighted by atomic mass is 10.2. The Hall–Kier alpha value is -3.46. The number of azo groups is 1. The van der Waals surface area contributed by atoms with Crippen molar-refractivity contribution in [1.29, 1.82) is 5.26 Å². The van der Waals surface area contributed by atoms with Crippen LogP contribution in [0.2, 0.25) is 0 Å². The molecule has 0 fully saturated rings. The molecule has 0 unspecified atom stereocenters. The third-order valence-corrected chi connectivity index (χ3v) is 3.33. The molecule has 0 bridgehead atoms. The second-order valence-corrected chi connectivity index (χ2v) is 4.93. The molecule has 0 aliphatic heterocycles. The molecule has 0 saturated heterocycles. The van der Waals surface area contributed by atoms with Gasteiger partial charge >= 0.3 is 0 Å². The van der Waals surface area contributed by atoms with Crippen molar-refractivity contribution in [3.63, 3.8) is 0 Å². The molecule has 3 aromatic rings. The lowest BCUT2D eigenvalue weighted by Gasteiger charge is -2.02. The number of nitriles is 1. The average Bonchev–Trinajstić information content (AvgIpc) is 2.88. The van der Waals surface area contributed by atoms with Crippen molar-refractivity contribution in [3.05, 3.63) is 65.9 Å². The van der Waals surface area contributed by atoms with E-state index in [4.69, 9.17) is 11.0 Å². The van der Waals surface area contributed by atoms with Crippen molar-refractivity contribution in [3.8, 4) is 11.8 Å². The maximum atomic E-state index is 8.79. The second-order valence-electron chi connectivity index (χ2n) is 4.93. The van der Waals surface area contributed by atoms with Crippen LogP contribution in [0.15, 0.2) is 64.8 Å². The first kappa shape index (κ1) is 14.5. The Labute approximate surface area is 133 Å². The van der Waals surface area contributed by atoms with E-state index in [0.717, 1.165) is 5.69 Å². The van der Waals surface area contributed by atoms with E-state index >= 15 is 0 Å². The van der Waals surface area contributed by atoms with Gasteiger partial charge in [0.2, 0.25) is 0 Å². The molecular weight excluding hydrogens is 288 g/mol. The van der Waals surface area contributed by atoms with Gasteiger partial charge in [0.25, 0.3) is 0 Å². The Balaban J connectivity index is 1.93. The molecule has 0 aliphatic carbocycles. The fourth-order valence-corrected chi connectivity index (χ4v) is 2.14. The van der Waals surface area contributed by atoms with Gasteiger partial charge in [0.15, 0.2) is 11.5 Å². The van der Waals surface area contributed by atoms with Crippen LogP contribution in [0.25, 0.3) is 5.69 Å². The average molecular weight is 302 g/mol. The Morgan fingerprint density at radius 2 is 1.74 bits per heavy atom. The first-order chi connectivity index (χ1) is 11.2. The highest BCUT2D eigenvalue weighted by atomic mass is 15.3. The lowest BCUT2D eigenvalue weighted by Crippen LogP contribution is -2.01. The zero-order valence-corrected chi connectivity index (χ0v) is 12.5. The number of para-hydroxylation sites is 1. The number of nitrogens with zero attached hydrogens (tertiary/aromatic N) is 5. The summed E-state index contributed by atoms with van der Waals surface area (Å²) in [5.74, 6) is 0.436. The topological polar surface area (TPSA) is 92.3 Å². The largest absolute Gasteiger partial charge is 0.382 e. The van der Waals surface area contributed by atoms with Gasteiger partial charge < -0.3 is 5.73 Å². The maximum absolute atomic E-state index is 8.79. The first-order valence-electron chi connectivity index (χ1n) is 7.01. The van der Waals surface area contributed by atoms with Crippen molar-refractivity contribution in [2.24, 2.45) is 10.2 Å². The number of hydrogen-bond acceptors (Lipinski definition) is 5. The van der Waals surface area contributed by atoms with E-state index in [2.05, 4.69) is 21.4 Å². The molecule has 6 heteroatoms. The summed E-state index contributed by atoms with van der Waals surface area (Å²) >= 11 is 0. The summed E-state index contributed by atoms with van der Waals surface area (Å²) in [5, 5.41) is 21.6. The van der Waals surface area contributed by atoms with Crippen molar-refractivity contribution in [2.75, 3.05) is 5.73 Å². The minimum Gasteiger partial charge on any atom is -0.382 e. The van der Waals surface area contributed by atoms with E-state index in [0.29, 0.717) is 28.5 Å². The highest BCUT2D eigenvalue weighted by Gasteiger charge is 2.13. The number of nitrogens with two attached hydrogens (primary N) is 1. The molecule has 0 amide bonds. The molecule has 2 aromatic carbocycles. The Morgan fingerprint density at radius 3 is 2.39 bits per heavy atom. The summed E-state index contributed by atoms with van der Waals surface area (Å²) in [4.78, 5) is 0. The number of anilines is 1. The van der Waals surface area contributed by atoms with Gasteiger partial charge in [0.1, 0.15) is 0 Å². The van der Waals surface area contributed by atoms with Gasteiger partial charge in [-0.25, -0.2) is 4.68 Å². The second kappa shape index (κ2) is 6.12. The van der Waals surface area contributed by atoms with Crippen molar-refractivity contribution < 1.29 is 0 Å². The van der Waals surface area contributed by atoms with Crippen LogP contribution in [-0.4, -0.2) is 9.78 Å². The molecule has 1 heterocycles. The predicted molar refractivity (Wildman–Crippen MR) is 88.0 cm³/mol. The summed E-state index contributed by atoms with van der Waals surface area (Å²) < 4.78 is 1.64. The molecule has 112 valence electrons. The number of aryl methyl sites for hydroxylation is 1. The van der Waals surface area contributed by atoms with Gasteiger partial charge in [-0.2, -0.15) is 15.5 Å². The third kappa shape index (κ3) is 2.94. The summed E-state index contributed by atoms with van der Waals surface area (Å²) in [6.07, 6.45) is 0. The summed E-state index contributed by atoms with van der Waals surface area (Å²) in [7, 11) is 0. The van der Waals surface area contributed by atoms with Gasteiger partial charge in [0.05, 0.1) is 28.7 Å². The molecule has 0 radical (unpaired) electrons. The van der Waals surface area contributed by atoms with E-state index in [1.54, 1.807) is 28.9 Å². The fourth-order valence-electron chi connectivity index (χ4n) is 2.14. The van der Waals surface area contributed by atoms with E-state index in [9.17, 15) is 0 Å². The quantitative estimate of drug-likeness (QED) is 0.740. The van der Waals surface area contributed by atoms with Crippen LogP contribution in [0, 0.1) is 18.3 Å². The van der Waals surface area contributed by atoms with E-state index in [1.165, 1.54) is 0 Å². The van der Waals surface area contributed by atoms with Gasteiger partial charge in [0, 0.05) is 0 Å². The zero-order chi connectivity index (χ0) is 16.2. The van der Waals surface area contributed by atoms with Gasteiger partial charge in [-0.3, -0.25) is 0 Å². The lowest BCUT2D eigenvalue weighted by molar-refractivity contribution is 0.872. The van der Waals surface area contributed by atoms with Crippen LogP contribution in [0.1, 0.15) is 11.3 Å². The van der Waals surface area contributed by atoms with E-state index in [-0.39, 0.29) is 0 Å². The van der Waals surface area contributed by atoms with E-state index < -0.39 is 0 Å². The molecular formula is C17H14N6. The summed E-state index contributed by atoms with van der Waals surface area (Å²) in [6.45, 7) is 1.84. The fraction of sp³-hybridized carbons (Fsp3) is 0.0588. The van der Waals surface area contributed by atoms with Crippen molar-refractivity contribution in [1.82, 2.24) is 9.78 Å². The Kier molecular flexibility index (Phi) is 3.85. The minimum atomic E-state index is 0.436. The zero-order valence-electron chi connectivity index (χ0n) is 12.5. The van der Waals surface area contributed by atoms with E-state index in [1.807, 2.05) is 37.3 Å². The summed E-state index contributed by atoms with van der Waals surface area (Å²) in [6, 6.07) is 18.5. The monoisotopic (exact) mass is 302 g/mol. The SMILES string of the molecule is Cc1nn(-c2ccccc2)c(N)c1N=Nc1ccc(C#N)cc1. The molecule has 1 aromatic heterocycles. The highest BCUT2D eigenvalue weighted by molar-refractivity contribution is 5.64. The maximum Gasteiger partial charge on any atom is 0.155 e. The number of nitrogen functional groups attached to an aromatic ring is 1. The van der Waals surface area contributed by atoms with Crippen molar-refractivity contribution >= 4 is 17.2 Å². The van der Waals surface area contributed by atoms with Crippen LogP contribution in [0.3, 0.4) is 0 Å². The smallest absolute Gasteiger partial charge is 0.155 e. The molecule has 2 N–H and O–H groups in total. The van der Waals surface area contributed by atoms with Crippen molar-refractivity contribution in [2.45, 2.75) is 6.92 Å². The Morgan fingerprint density at radius 1 is 1.04 bits per heavy atom. The number of aromatic nitrogens is 2. The molecule has 3 rings (SSSR count). The molecule has 23 heavy (non-hydrogen) atoms. The number of rotatable bonds is 3. The van der Waals surface area contributed by atoms with Crippen LogP contribution in [0.5, 0.6) is 0 Å². The molecule has 0 saturated carbocycles. The van der Waals surface area contributed by atoms with Crippen LogP contribution in [-0.2, 0) is 0 Å². The predicted octanol–water partition coefficient (Wildman–Crippen LogP) is 4.05.